The second-order valence-electron chi connectivity index (χ2n) is 9.88. The first-order valence-corrected chi connectivity index (χ1v) is 11.3. The smallest absolute Gasteiger partial charge is 0.142 e. The number of ether oxygens (including phenoxy) is 2. The molecule has 0 unspecified atom stereocenters. The Bertz CT molecular complexity index is 1180. The van der Waals surface area contributed by atoms with Gasteiger partial charge in [0.2, 0.25) is 0 Å². The van der Waals surface area contributed by atoms with E-state index in [1.165, 1.54) is 24.9 Å². The summed E-state index contributed by atoms with van der Waals surface area (Å²) in [4.78, 5) is 0. The van der Waals surface area contributed by atoms with Crippen LogP contribution in [0, 0.1) is 18.6 Å². The van der Waals surface area contributed by atoms with Crippen LogP contribution in [0.2, 0.25) is 0 Å². The highest BCUT2D eigenvalue weighted by Crippen LogP contribution is 2.35. The molecule has 2 aromatic heterocycles. The van der Waals surface area contributed by atoms with Crippen LogP contribution < -0.4 is 0 Å². The summed E-state index contributed by atoms with van der Waals surface area (Å²) in [7, 11) is 1.47. The molecule has 5 atom stereocenters. The minimum atomic E-state index is -1.21. The van der Waals surface area contributed by atoms with E-state index in [0.717, 1.165) is 12.1 Å². The Balaban J connectivity index is 1.65. The van der Waals surface area contributed by atoms with Crippen molar-refractivity contribution in [2.75, 3.05) is 13.7 Å². The van der Waals surface area contributed by atoms with Crippen molar-refractivity contribution < 1.29 is 33.0 Å². The predicted octanol–water partition coefficient (Wildman–Crippen LogP) is 2.74. The first-order chi connectivity index (χ1) is 16.5. The van der Waals surface area contributed by atoms with Crippen molar-refractivity contribution in [2.45, 2.75) is 70.0 Å². The molecule has 35 heavy (non-hydrogen) atoms. The molecule has 0 amide bonds. The molecule has 1 aromatic carbocycles. The van der Waals surface area contributed by atoms with Crippen molar-refractivity contribution in [3.63, 3.8) is 0 Å². The van der Waals surface area contributed by atoms with Crippen LogP contribution in [0.1, 0.15) is 43.8 Å². The first-order valence-electron chi connectivity index (χ1n) is 11.3. The summed E-state index contributed by atoms with van der Waals surface area (Å²) in [5, 5.41) is 33.0. The zero-order chi connectivity index (χ0) is 25.5. The molecule has 0 saturated carbocycles. The highest BCUT2D eigenvalue weighted by atomic mass is 19.1. The molecule has 0 spiro atoms. The van der Waals surface area contributed by atoms with E-state index in [0.29, 0.717) is 11.5 Å². The average molecular weight is 493 g/mol. The maximum Gasteiger partial charge on any atom is 0.142 e. The summed E-state index contributed by atoms with van der Waals surface area (Å²) in [6.07, 6.45) is -1.79. The molecular weight excluding hydrogens is 462 g/mol. The van der Waals surface area contributed by atoms with Crippen LogP contribution in [0.5, 0.6) is 0 Å². The molecule has 1 fully saturated rings. The summed E-state index contributed by atoms with van der Waals surface area (Å²) >= 11 is 0. The molecular formula is C24H30F2N4O5. The van der Waals surface area contributed by atoms with Crippen LogP contribution >= 0.6 is 0 Å². The van der Waals surface area contributed by atoms with Gasteiger partial charge in [0.25, 0.3) is 0 Å². The third kappa shape index (κ3) is 4.99. The number of methoxy groups -OCH3 is 1. The topological polar surface area (TPSA) is 116 Å². The van der Waals surface area contributed by atoms with E-state index in [4.69, 9.17) is 14.0 Å². The number of aliphatic hydroxyl groups excluding tert-OH is 2. The minimum absolute atomic E-state index is 0.0533. The average Bonchev–Trinajstić information content (AvgIpc) is 3.46. The van der Waals surface area contributed by atoms with Crippen LogP contribution in [-0.4, -0.2) is 68.5 Å². The second kappa shape index (κ2) is 9.73. The summed E-state index contributed by atoms with van der Waals surface area (Å²) in [5.41, 5.74) is 0.619. The van der Waals surface area contributed by atoms with Gasteiger partial charge < -0.3 is 24.2 Å². The van der Waals surface area contributed by atoms with Gasteiger partial charge in [-0.1, -0.05) is 31.1 Å². The fourth-order valence-electron chi connectivity index (χ4n) is 4.29. The van der Waals surface area contributed by atoms with Crippen LogP contribution in [0.4, 0.5) is 8.78 Å². The number of benzene rings is 1. The summed E-state index contributed by atoms with van der Waals surface area (Å²) in [6, 6.07) is 3.16. The summed E-state index contributed by atoms with van der Waals surface area (Å²) < 4.78 is 47.1. The van der Waals surface area contributed by atoms with Gasteiger partial charge in [0.15, 0.2) is 0 Å². The largest absolute Gasteiger partial charge is 0.394 e. The van der Waals surface area contributed by atoms with Gasteiger partial charge in [0.05, 0.1) is 24.6 Å². The Morgan fingerprint density at radius 1 is 1.14 bits per heavy atom. The number of nitrogens with zero attached hydrogens (tertiary/aromatic N) is 4. The van der Waals surface area contributed by atoms with Gasteiger partial charge in [-0.3, -0.25) is 0 Å². The summed E-state index contributed by atoms with van der Waals surface area (Å²) in [5.74, 6) is -0.501. The monoisotopic (exact) mass is 492 g/mol. The number of aryl methyl sites for hydroxylation is 1. The number of aromatic nitrogens is 4. The van der Waals surface area contributed by atoms with Crippen molar-refractivity contribution in [2.24, 2.45) is 0 Å². The van der Waals surface area contributed by atoms with E-state index in [-0.39, 0.29) is 28.7 Å². The lowest BCUT2D eigenvalue weighted by Gasteiger charge is -2.43. The van der Waals surface area contributed by atoms with Crippen LogP contribution in [0.15, 0.2) is 28.9 Å². The lowest BCUT2D eigenvalue weighted by molar-refractivity contribution is -0.212. The number of aliphatic hydroxyl groups is 2. The number of halogens is 2. The molecule has 1 saturated heterocycles. The number of hydrogen-bond acceptors (Lipinski definition) is 8. The third-order valence-electron chi connectivity index (χ3n) is 6.28. The fraction of sp³-hybridized carbons (Fsp3) is 0.542. The highest BCUT2D eigenvalue weighted by molar-refractivity contribution is 5.59. The van der Waals surface area contributed by atoms with Crippen LogP contribution in [0.3, 0.4) is 0 Å². The van der Waals surface area contributed by atoms with Crippen molar-refractivity contribution >= 4 is 0 Å². The fourth-order valence-corrected chi connectivity index (χ4v) is 4.29. The minimum Gasteiger partial charge on any atom is -0.394 e. The van der Waals surface area contributed by atoms with Gasteiger partial charge in [-0.25, -0.2) is 13.5 Å². The third-order valence-corrected chi connectivity index (χ3v) is 6.28. The molecule has 11 heteroatoms. The number of hydrogen-bond donors (Lipinski definition) is 2. The maximum absolute atomic E-state index is 14.5. The molecule has 1 aliphatic rings. The standard InChI is InChI=1S/C24H30F2N4O5/c1-12-6-16(26)14(9-15(12)25)17-10-30(29-27-17)21-22(32)19(11-31)34-18(23(21)33-5)7-13-8-20(35-28-13)24(2,3)4/h6,8-10,18-19,21-23,31-32H,7,11H2,1-5H3/t18-,19-,21+,22+,23+/m1/s1. The predicted molar refractivity (Wildman–Crippen MR) is 121 cm³/mol. The SMILES string of the molecule is CO[C@@H]1[C@@H](n2cc(-c3cc(F)c(C)cc3F)nn2)[C@@H](O)[C@@H](CO)O[C@@H]1Cc1cc(C(C)(C)C)on1. The Kier molecular flexibility index (Phi) is 7.05. The van der Waals surface area contributed by atoms with Gasteiger partial charge in [-0.05, 0) is 24.6 Å². The molecule has 9 nitrogen and oxygen atoms in total. The van der Waals surface area contributed by atoms with E-state index >= 15 is 0 Å². The van der Waals surface area contributed by atoms with E-state index in [9.17, 15) is 19.0 Å². The van der Waals surface area contributed by atoms with E-state index < -0.39 is 48.7 Å². The zero-order valence-corrected chi connectivity index (χ0v) is 20.3. The van der Waals surface area contributed by atoms with E-state index in [2.05, 4.69) is 15.5 Å². The van der Waals surface area contributed by atoms with Gasteiger partial charge in [0.1, 0.15) is 47.4 Å². The van der Waals surface area contributed by atoms with Gasteiger partial charge in [-0.2, -0.15) is 0 Å². The highest BCUT2D eigenvalue weighted by Gasteiger charge is 2.47. The quantitative estimate of drug-likeness (QED) is 0.540. The molecule has 4 rings (SSSR count). The Labute approximate surface area is 201 Å². The number of rotatable bonds is 6. The Morgan fingerprint density at radius 3 is 2.51 bits per heavy atom. The lowest BCUT2D eigenvalue weighted by atomic mass is 9.89. The van der Waals surface area contributed by atoms with E-state index in [1.807, 2.05) is 26.8 Å². The summed E-state index contributed by atoms with van der Waals surface area (Å²) in [6.45, 7) is 7.04. The van der Waals surface area contributed by atoms with Crippen LogP contribution in [0.25, 0.3) is 11.3 Å². The van der Waals surface area contributed by atoms with Crippen molar-refractivity contribution in [3.8, 4) is 11.3 Å². The Morgan fingerprint density at radius 2 is 1.89 bits per heavy atom. The Hall–Kier alpha value is -2.73. The van der Waals surface area contributed by atoms with Gasteiger partial charge in [0, 0.05) is 30.6 Å². The molecule has 0 bridgehead atoms. The molecule has 3 heterocycles. The molecule has 3 aromatic rings. The van der Waals surface area contributed by atoms with Crippen LogP contribution in [-0.2, 0) is 21.3 Å². The molecule has 0 aliphatic carbocycles. The van der Waals surface area contributed by atoms with Gasteiger partial charge >= 0.3 is 0 Å². The van der Waals surface area contributed by atoms with Crippen molar-refractivity contribution in [3.05, 3.63) is 53.0 Å². The second-order valence-corrected chi connectivity index (χ2v) is 9.88. The van der Waals surface area contributed by atoms with Gasteiger partial charge in [-0.15, -0.1) is 5.10 Å². The molecule has 1 aliphatic heterocycles. The maximum atomic E-state index is 14.5. The van der Waals surface area contributed by atoms with E-state index in [1.54, 1.807) is 0 Å². The zero-order valence-electron chi connectivity index (χ0n) is 20.3. The molecule has 0 radical (unpaired) electrons. The lowest BCUT2D eigenvalue weighted by Crippen LogP contribution is -2.57. The molecule has 190 valence electrons. The first kappa shape index (κ1) is 25.4. The molecule has 2 N–H and O–H groups in total. The normalized spacial score (nSPS) is 25.2. The van der Waals surface area contributed by atoms with Crippen molar-refractivity contribution in [1.82, 2.24) is 20.2 Å². The van der Waals surface area contributed by atoms with Crippen molar-refractivity contribution in [1.29, 1.82) is 0 Å².